The molecule has 9 heteroatoms. The minimum Gasteiger partial charge on any atom is -0.398 e. The van der Waals surface area contributed by atoms with Crippen molar-refractivity contribution in [2.45, 2.75) is 31.8 Å². The molecule has 1 aliphatic rings. The molecule has 0 spiro atoms. The van der Waals surface area contributed by atoms with Crippen molar-refractivity contribution in [3.8, 4) is 0 Å². The third-order valence-electron chi connectivity index (χ3n) is 5.58. The predicted octanol–water partition coefficient (Wildman–Crippen LogP) is 2.38. The summed E-state index contributed by atoms with van der Waals surface area (Å²) in [6.07, 6.45) is 12.6. The van der Waals surface area contributed by atoms with Gasteiger partial charge in [0.05, 0.1) is 41.9 Å². The maximum absolute atomic E-state index is 12.5. The van der Waals surface area contributed by atoms with Crippen LogP contribution in [0.3, 0.4) is 0 Å². The fraction of sp³-hybridized carbons (Fsp3) is 0.217. The number of nitrogens with zero attached hydrogens (tertiary/aromatic N) is 4. The van der Waals surface area contributed by atoms with Crippen LogP contribution in [0.15, 0.2) is 61.0 Å². The number of fused-ring (bicyclic) bond motifs is 2. The Morgan fingerprint density at radius 3 is 2.84 bits per heavy atom. The SMILES string of the molecule is N=C/C(=C\NCc1cn2cc(C3CC3)ccc2n1)C(=O)NCc1ncn2cc(N)ccc12. The van der Waals surface area contributed by atoms with Gasteiger partial charge in [-0.15, -0.1) is 0 Å². The minimum atomic E-state index is -0.354. The Balaban J connectivity index is 1.20. The summed E-state index contributed by atoms with van der Waals surface area (Å²) in [6.45, 7) is 0.707. The van der Waals surface area contributed by atoms with Gasteiger partial charge in [-0.25, -0.2) is 9.97 Å². The van der Waals surface area contributed by atoms with Gasteiger partial charge < -0.3 is 30.6 Å². The number of anilines is 1. The van der Waals surface area contributed by atoms with Gasteiger partial charge in [0, 0.05) is 36.7 Å². The van der Waals surface area contributed by atoms with Crippen LogP contribution >= 0.6 is 0 Å². The number of carbonyl (C=O) groups is 1. The van der Waals surface area contributed by atoms with Crippen LogP contribution in [0.1, 0.15) is 35.7 Å². The highest BCUT2D eigenvalue weighted by molar-refractivity contribution is 6.11. The molecule has 32 heavy (non-hydrogen) atoms. The molecule has 1 saturated carbocycles. The number of aromatic nitrogens is 4. The predicted molar refractivity (Wildman–Crippen MR) is 122 cm³/mol. The van der Waals surface area contributed by atoms with Crippen molar-refractivity contribution in [2.24, 2.45) is 0 Å². The van der Waals surface area contributed by atoms with E-state index in [1.165, 1.54) is 24.6 Å². The Hall–Kier alpha value is -4.14. The van der Waals surface area contributed by atoms with Gasteiger partial charge in [0.1, 0.15) is 5.65 Å². The monoisotopic (exact) mass is 428 g/mol. The van der Waals surface area contributed by atoms with E-state index >= 15 is 0 Å². The van der Waals surface area contributed by atoms with Gasteiger partial charge in [-0.05, 0) is 42.5 Å². The van der Waals surface area contributed by atoms with Crippen LogP contribution in [0.25, 0.3) is 11.2 Å². The van der Waals surface area contributed by atoms with Gasteiger partial charge >= 0.3 is 0 Å². The maximum Gasteiger partial charge on any atom is 0.254 e. The Labute approximate surface area is 184 Å². The molecule has 0 bridgehead atoms. The molecular formula is C23H24N8O. The van der Waals surface area contributed by atoms with Gasteiger partial charge in [-0.3, -0.25) is 4.79 Å². The van der Waals surface area contributed by atoms with Crippen LogP contribution in [0, 0.1) is 5.41 Å². The van der Waals surface area contributed by atoms with Crippen LogP contribution in [0.4, 0.5) is 5.69 Å². The second kappa shape index (κ2) is 8.18. The summed E-state index contributed by atoms with van der Waals surface area (Å²) in [4.78, 5) is 21.4. The summed E-state index contributed by atoms with van der Waals surface area (Å²) in [7, 11) is 0. The highest BCUT2D eigenvalue weighted by Crippen LogP contribution is 2.39. The number of nitrogen functional groups attached to an aromatic ring is 1. The number of nitrogens with one attached hydrogen (secondary N) is 3. The smallest absolute Gasteiger partial charge is 0.254 e. The van der Waals surface area contributed by atoms with E-state index in [1.807, 2.05) is 27.1 Å². The Morgan fingerprint density at radius 2 is 2.03 bits per heavy atom. The molecule has 4 aromatic rings. The van der Waals surface area contributed by atoms with Crippen molar-refractivity contribution < 1.29 is 4.79 Å². The van der Waals surface area contributed by atoms with E-state index in [0.29, 0.717) is 18.2 Å². The summed E-state index contributed by atoms with van der Waals surface area (Å²) in [6, 6.07) is 7.84. The molecule has 4 aromatic heterocycles. The van der Waals surface area contributed by atoms with Gasteiger partial charge in [0.25, 0.3) is 5.91 Å². The molecular weight excluding hydrogens is 404 g/mol. The summed E-state index contributed by atoms with van der Waals surface area (Å²) < 4.78 is 3.86. The molecule has 1 amide bonds. The van der Waals surface area contributed by atoms with E-state index in [4.69, 9.17) is 11.1 Å². The standard InChI is InChI=1S/C23H24N8O/c24-7-17(23(32)27-10-20-21-5-4-18(25)12-31(21)14-28-20)8-26-9-19-13-30-11-16(15-1-2-15)3-6-22(30)29-19/h3-8,11-15,24,26H,1-2,9-10,25H2,(H,27,32)/b17-8+,24-7?. The number of carbonyl (C=O) groups excluding carboxylic acids is 1. The van der Waals surface area contributed by atoms with Crippen molar-refractivity contribution in [2.75, 3.05) is 5.73 Å². The Morgan fingerprint density at radius 1 is 1.16 bits per heavy atom. The normalized spacial score (nSPS) is 14.1. The zero-order valence-corrected chi connectivity index (χ0v) is 17.5. The van der Waals surface area contributed by atoms with E-state index in [0.717, 1.165) is 28.8 Å². The van der Waals surface area contributed by atoms with E-state index in [1.54, 1.807) is 18.6 Å². The second-order valence-electron chi connectivity index (χ2n) is 7.99. The average Bonchev–Trinajstić information content (AvgIpc) is 3.45. The van der Waals surface area contributed by atoms with Gasteiger partial charge in [-0.1, -0.05) is 6.07 Å². The third-order valence-corrected chi connectivity index (χ3v) is 5.58. The first-order chi connectivity index (χ1) is 15.6. The minimum absolute atomic E-state index is 0.220. The number of nitrogens with two attached hydrogens (primary N) is 1. The maximum atomic E-state index is 12.5. The van der Waals surface area contributed by atoms with Crippen molar-refractivity contribution in [3.63, 3.8) is 0 Å². The highest BCUT2D eigenvalue weighted by Gasteiger charge is 2.23. The quantitative estimate of drug-likeness (QED) is 0.253. The first-order valence-electron chi connectivity index (χ1n) is 10.5. The molecule has 0 unspecified atom stereocenters. The van der Waals surface area contributed by atoms with E-state index in [2.05, 4.69) is 32.9 Å². The molecule has 0 saturated heterocycles. The summed E-state index contributed by atoms with van der Waals surface area (Å²) in [5, 5.41) is 13.5. The molecule has 0 aliphatic heterocycles. The van der Waals surface area contributed by atoms with Crippen molar-refractivity contribution in [3.05, 3.63) is 77.9 Å². The molecule has 5 N–H and O–H groups in total. The van der Waals surface area contributed by atoms with E-state index in [-0.39, 0.29) is 18.0 Å². The number of hydrogen-bond acceptors (Lipinski definition) is 6. The Bertz CT molecular complexity index is 1340. The van der Waals surface area contributed by atoms with E-state index in [9.17, 15) is 4.79 Å². The molecule has 9 nitrogen and oxygen atoms in total. The molecule has 162 valence electrons. The average molecular weight is 429 g/mol. The molecule has 0 aromatic carbocycles. The molecule has 0 atom stereocenters. The molecule has 4 heterocycles. The number of imidazole rings is 2. The number of pyridine rings is 2. The lowest BCUT2D eigenvalue weighted by molar-refractivity contribution is -0.117. The topological polar surface area (TPSA) is 126 Å². The third kappa shape index (κ3) is 4.04. The summed E-state index contributed by atoms with van der Waals surface area (Å²) >= 11 is 0. The fourth-order valence-electron chi connectivity index (χ4n) is 3.72. The lowest BCUT2D eigenvalue weighted by Gasteiger charge is -2.05. The number of hydrogen-bond donors (Lipinski definition) is 4. The van der Waals surface area contributed by atoms with Crippen molar-refractivity contribution in [1.29, 1.82) is 5.41 Å². The summed E-state index contributed by atoms with van der Waals surface area (Å²) in [5.41, 5.74) is 11.4. The van der Waals surface area contributed by atoms with Gasteiger partial charge in [0.2, 0.25) is 0 Å². The van der Waals surface area contributed by atoms with Crippen LogP contribution in [-0.2, 0) is 17.9 Å². The molecule has 1 aliphatic carbocycles. The second-order valence-corrected chi connectivity index (χ2v) is 7.99. The van der Waals surface area contributed by atoms with Gasteiger partial charge in [0.15, 0.2) is 0 Å². The Kier molecular flexibility index (Phi) is 5.06. The van der Waals surface area contributed by atoms with Crippen molar-refractivity contribution >= 4 is 29.0 Å². The zero-order valence-electron chi connectivity index (χ0n) is 17.5. The number of amides is 1. The van der Waals surface area contributed by atoms with Crippen LogP contribution in [-0.4, -0.2) is 30.9 Å². The fourth-order valence-corrected chi connectivity index (χ4v) is 3.72. The van der Waals surface area contributed by atoms with Gasteiger partial charge in [-0.2, -0.15) is 0 Å². The largest absolute Gasteiger partial charge is 0.398 e. The zero-order chi connectivity index (χ0) is 22.1. The summed E-state index contributed by atoms with van der Waals surface area (Å²) in [5.74, 6) is 0.339. The van der Waals surface area contributed by atoms with Crippen LogP contribution in [0.5, 0.6) is 0 Å². The first kappa shape index (κ1) is 19.8. The molecule has 5 rings (SSSR count). The molecule has 1 fully saturated rings. The van der Waals surface area contributed by atoms with Crippen molar-refractivity contribution in [1.82, 2.24) is 29.4 Å². The molecule has 0 radical (unpaired) electrons. The lowest BCUT2D eigenvalue weighted by atomic mass is 10.2. The lowest BCUT2D eigenvalue weighted by Crippen LogP contribution is -2.26. The highest BCUT2D eigenvalue weighted by atomic mass is 16.1. The first-order valence-corrected chi connectivity index (χ1v) is 10.5. The number of rotatable bonds is 8. The van der Waals surface area contributed by atoms with E-state index < -0.39 is 0 Å². The van der Waals surface area contributed by atoms with Crippen LogP contribution < -0.4 is 16.4 Å². The van der Waals surface area contributed by atoms with Crippen LogP contribution in [0.2, 0.25) is 0 Å².